The number of carboxylic acid groups (broad SMARTS) is 1. The van der Waals surface area contributed by atoms with Gasteiger partial charge in [-0.3, -0.25) is 9.48 Å². The fourth-order valence-electron chi connectivity index (χ4n) is 3.29. The third-order valence-corrected chi connectivity index (χ3v) is 5.85. The van der Waals surface area contributed by atoms with Gasteiger partial charge in [0.25, 0.3) is 0 Å². The molecule has 5 nitrogen and oxygen atoms in total. The predicted molar refractivity (Wildman–Crippen MR) is 106 cm³/mol. The van der Waals surface area contributed by atoms with Crippen molar-refractivity contribution in [1.82, 2.24) is 14.2 Å². The smallest absolute Gasteiger partial charge is 0.307 e. The van der Waals surface area contributed by atoms with Crippen LogP contribution in [0, 0.1) is 12.7 Å². The van der Waals surface area contributed by atoms with E-state index in [4.69, 9.17) is 0 Å². The van der Waals surface area contributed by atoms with Crippen LogP contribution in [0.25, 0.3) is 16.6 Å². The second kappa shape index (κ2) is 7.16. The summed E-state index contributed by atoms with van der Waals surface area (Å²) in [7, 11) is 1.88. The summed E-state index contributed by atoms with van der Waals surface area (Å²) in [6.45, 7) is 1.88. The minimum atomic E-state index is -0.905. The molecule has 0 spiro atoms. The Kier molecular flexibility index (Phi) is 4.68. The standard InChI is InChI=1S/C21H18FN3O2S/c1-13-18(9-20(26)27)19-8-5-16(22)12-25(19)21(13)28-17-6-3-14(4-7-17)15-10-23-24(2)11-15/h3-8,10-12H,9H2,1-2H3,(H,26,27). The third kappa shape index (κ3) is 3.41. The van der Waals surface area contributed by atoms with E-state index in [2.05, 4.69) is 5.10 Å². The van der Waals surface area contributed by atoms with Crippen molar-refractivity contribution in [3.8, 4) is 11.1 Å². The molecule has 3 aromatic heterocycles. The Hall–Kier alpha value is -3.06. The van der Waals surface area contributed by atoms with Gasteiger partial charge in [-0.1, -0.05) is 23.9 Å². The summed E-state index contributed by atoms with van der Waals surface area (Å²) in [4.78, 5) is 12.3. The molecular formula is C21H18FN3O2S. The molecule has 28 heavy (non-hydrogen) atoms. The largest absolute Gasteiger partial charge is 0.481 e. The van der Waals surface area contributed by atoms with E-state index >= 15 is 0 Å². The second-order valence-corrected chi connectivity index (χ2v) is 7.67. The van der Waals surface area contributed by atoms with Gasteiger partial charge in [0, 0.05) is 29.9 Å². The summed E-state index contributed by atoms with van der Waals surface area (Å²) in [5.74, 6) is -1.27. The van der Waals surface area contributed by atoms with Crippen LogP contribution in [0.15, 0.2) is 64.9 Å². The number of aliphatic carboxylic acids is 1. The summed E-state index contributed by atoms with van der Waals surface area (Å²) < 4.78 is 17.3. The molecule has 0 amide bonds. The number of halogens is 1. The molecule has 0 aliphatic carbocycles. The Labute approximate surface area is 165 Å². The van der Waals surface area contributed by atoms with Crippen LogP contribution < -0.4 is 0 Å². The number of pyridine rings is 1. The van der Waals surface area contributed by atoms with Crippen molar-refractivity contribution >= 4 is 23.2 Å². The Bertz CT molecular complexity index is 1180. The Morgan fingerprint density at radius 3 is 2.54 bits per heavy atom. The average molecular weight is 395 g/mol. The number of rotatable bonds is 5. The molecule has 1 aromatic carbocycles. The van der Waals surface area contributed by atoms with Crippen molar-refractivity contribution in [1.29, 1.82) is 0 Å². The van der Waals surface area contributed by atoms with Crippen molar-refractivity contribution in [2.75, 3.05) is 0 Å². The van der Waals surface area contributed by atoms with E-state index in [-0.39, 0.29) is 12.2 Å². The lowest BCUT2D eigenvalue weighted by Crippen LogP contribution is -2.00. The Morgan fingerprint density at radius 2 is 1.89 bits per heavy atom. The highest BCUT2D eigenvalue weighted by Gasteiger charge is 2.18. The lowest BCUT2D eigenvalue weighted by atomic mass is 10.1. The average Bonchev–Trinajstić information content (AvgIpc) is 3.19. The van der Waals surface area contributed by atoms with E-state index in [9.17, 15) is 14.3 Å². The van der Waals surface area contributed by atoms with Gasteiger partial charge in [0.05, 0.1) is 23.2 Å². The number of hydrogen-bond donors (Lipinski definition) is 1. The number of hydrogen-bond acceptors (Lipinski definition) is 3. The summed E-state index contributed by atoms with van der Waals surface area (Å²) in [6.07, 6.45) is 5.07. The normalized spacial score (nSPS) is 11.2. The SMILES string of the molecule is Cc1c(CC(=O)O)c2ccc(F)cn2c1Sc1ccc(-c2cnn(C)c2)cc1. The highest BCUT2D eigenvalue weighted by molar-refractivity contribution is 7.99. The maximum atomic E-state index is 13.8. The lowest BCUT2D eigenvalue weighted by molar-refractivity contribution is -0.136. The molecule has 4 aromatic rings. The van der Waals surface area contributed by atoms with Crippen LogP contribution in [0.5, 0.6) is 0 Å². The zero-order valence-electron chi connectivity index (χ0n) is 15.4. The number of aryl methyl sites for hydroxylation is 1. The first-order valence-electron chi connectivity index (χ1n) is 8.70. The zero-order valence-corrected chi connectivity index (χ0v) is 16.2. The number of aromatic nitrogens is 3. The van der Waals surface area contributed by atoms with Crippen molar-refractivity contribution in [3.63, 3.8) is 0 Å². The van der Waals surface area contributed by atoms with Crippen LogP contribution >= 0.6 is 11.8 Å². The van der Waals surface area contributed by atoms with Crippen LogP contribution in [0.2, 0.25) is 0 Å². The fourth-order valence-corrected chi connectivity index (χ4v) is 4.31. The van der Waals surface area contributed by atoms with Gasteiger partial charge in [-0.25, -0.2) is 4.39 Å². The van der Waals surface area contributed by atoms with Crippen LogP contribution in [0.3, 0.4) is 0 Å². The number of carboxylic acids is 1. The van der Waals surface area contributed by atoms with E-state index in [1.807, 2.05) is 50.6 Å². The minimum absolute atomic E-state index is 0.0958. The molecule has 3 heterocycles. The molecule has 0 saturated carbocycles. The van der Waals surface area contributed by atoms with Gasteiger partial charge in [-0.2, -0.15) is 5.10 Å². The molecule has 0 radical (unpaired) electrons. The van der Waals surface area contributed by atoms with Gasteiger partial charge in [0.15, 0.2) is 0 Å². The minimum Gasteiger partial charge on any atom is -0.481 e. The van der Waals surface area contributed by atoms with Gasteiger partial charge in [-0.05, 0) is 47.9 Å². The van der Waals surface area contributed by atoms with Crippen LogP contribution in [-0.4, -0.2) is 25.3 Å². The molecule has 0 aliphatic rings. The van der Waals surface area contributed by atoms with E-state index < -0.39 is 5.97 Å². The molecule has 0 aliphatic heterocycles. The van der Waals surface area contributed by atoms with Crippen LogP contribution in [0.4, 0.5) is 4.39 Å². The maximum Gasteiger partial charge on any atom is 0.307 e. The third-order valence-electron chi connectivity index (χ3n) is 4.65. The van der Waals surface area contributed by atoms with Crippen molar-refractivity contribution in [2.24, 2.45) is 7.05 Å². The molecule has 0 saturated heterocycles. The lowest BCUT2D eigenvalue weighted by Gasteiger charge is -2.06. The van der Waals surface area contributed by atoms with Crippen LogP contribution in [0.1, 0.15) is 11.1 Å². The van der Waals surface area contributed by atoms with E-state index in [1.165, 1.54) is 24.0 Å². The first-order chi connectivity index (χ1) is 13.4. The topological polar surface area (TPSA) is 59.5 Å². The monoisotopic (exact) mass is 395 g/mol. The molecule has 4 rings (SSSR count). The highest BCUT2D eigenvalue weighted by Crippen LogP contribution is 2.36. The molecule has 0 atom stereocenters. The summed E-state index contributed by atoms with van der Waals surface area (Å²) in [5, 5.41) is 14.3. The molecule has 1 N–H and O–H groups in total. The first-order valence-corrected chi connectivity index (χ1v) is 9.52. The Balaban J connectivity index is 1.72. The van der Waals surface area contributed by atoms with Gasteiger partial charge >= 0.3 is 5.97 Å². The quantitative estimate of drug-likeness (QED) is 0.538. The molecular weight excluding hydrogens is 377 g/mol. The van der Waals surface area contributed by atoms with Crippen molar-refractivity contribution in [2.45, 2.75) is 23.3 Å². The molecule has 142 valence electrons. The number of carbonyl (C=O) groups is 1. The zero-order chi connectivity index (χ0) is 19.8. The van der Waals surface area contributed by atoms with E-state index in [1.54, 1.807) is 15.1 Å². The summed E-state index contributed by atoms with van der Waals surface area (Å²) in [6, 6.07) is 11.0. The van der Waals surface area contributed by atoms with E-state index in [0.717, 1.165) is 32.1 Å². The molecule has 0 unspecified atom stereocenters. The molecule has 0 bridgehead atoms. The Morgan fingerprint density at radius 1 is 1.14 bits per heavy atom. The van der Waals surface area contributed by atoms with Crippen molar-refractivity contribution in [3.05, 3.63) is 71.9 Å². The van der Waals surface area contributed by atoms with Gasteiger partial charge < -0.3 is 9.51 Å². The van der Waals surface area contributed by atoms with Gasteiger partial charge in [-0.15, -0.1) is 0 Å². The molecule has 7 heteroatoms. The van der Waals surface area contributed by atoms with Gasteiger partial charge in [0.1, 0.15) is 5.82 Å². The molecule has 0 fully saturated rings. The van der Waals surface area contributed by atoms with Crippen LogP contribution in [-0.2, 0) is 18.3 Å². The van der Waals surface area contributed by atoms with Gasteiger partial charge in [0.2, 0.25) is 0 Å². The summed E-state index contributed by atoms with van der Waals surface area (Å²) in [5.41, 5.74) is 4.38. The van der Waals surface area contributed by atoms with Crippen molar-refractivity contribution < 1.29 is 14.3 Å². The number of fused-ring (bicyclic) bond motifs is 1. The number of nitrogens with zero attached hydrogens (tertiary/aromatic N) is 3. The fraction of sp³-hybridized carbons (Fsp3) is 0.143. The second-order valence-electron chi connectivity index (χ2n) is 6.61. The summed E-state index contributed by atoms with van der Waals surface area (Å²) >= 11 is 1.49. The van der Waals surface area contributed by atoms with E-state index in [0.29, 0.717) is 5.56 Å². The maximum absolute atomic E-state index is 13.8. The number of benzene rings is 1. The first kappa shape index (κ1) is 18.3. The predicted octanol–water partition coefficient (Wildman–Crippen LogP) is 4.57. The highest BCUT2D eigenvalue weighted by atomic mass is 32.2.